The van der Waals surface area contributed by atoms with E-state index in [1.807, 2.05) is 0 Å². The molecule has 0 bridgehead atoms. The Kier molecular flexibility index (Phi) is 6.21. The number of carboxylic acid groups (broad SMARTS) is 1. The molecule has 156 valence electrons. The van der Waals surface area contributed by atoms with Crippen molar-refractivity contribution < 1.29 is 45.8 Å². The van der Waals surface area contributed by atoms with E-state index < -0.39 is 51.2 Å². The molecule has 2 rings (SSSR count). The van der Waals surface area contributed by atoms with Gasteiger partial charge in [-0.1, -0.05) is 0 Å². The lowest BCUT2D eigenvalue weighted by Gasteiger charge is -2.43. The summed E-state index contributed by atoms with van der Waals surface area (Å²) in [5.74, 6) is -2.67. The van der Waals surface area contributed by atoms with E-state index >= 15 is 0 Å². The van der Waals surface area contributed by atoms with Crippen molar-refractivity contribution in [3.05, 3.63) is 24.3 Å². The highest BCUT2D eigenvalue weighted by Gasteiger charge is 2.48. The number of carbonyl (C=O) groups is 2. The molecule has 1 N–H and O–H groups in total. The smallest absolute Gasteiger partial charge is 0.480 e. The van der Waals surface area contributed by atoms with Gasteiger partial charge in [0.15, 0.2) is 12.3 Å². The summed E-state index contributed by atoms with van der Waals surface area (Å²) in [6.07, 6.45) is -6.31. The predicted molar refractivity (Wildman–Crippen MR) is 86.6 cm³/mol. The maximum atomic E-state index is 12.9. The van der Waals surface area contributed by atoms with Gasteiger partial charge in [-0.3, -0.25) is 9.59 Å². The number of halogens is 3. The average molecular weight is 426 g/mol. The van der Waals surface area contributed by atoms with Crippen molar-refractivity contribution in [2.75, 3.05) is 20.2 Å². The molecule has 2 unspecified atom stereocenters. The number of hydrogen-bond acceptors (Lipinski definition) is 6. The standard InChI is InChI=1S/C15H17F3N2O7S/c1-9(21)19-7-8-20(12(14(22)23)13(19)26-2)28(24,25)11-5-3-10(4-6-11)27-15(16,17)18/h3-6,12-13H,7-8H2,1-2H3,(H,22,23). The zero-order chi connectivity index (χ0) is 21.3. The molecular formula is C15H17F3N2O7S. The topological polar surface area (TPSA) is 113 Å². The Hall–Kier alpha value is -2.38. The first-order valence-corrected chi connectivity index (χ1v) is 9.23. The summed E-state index contributed by atoms with van der Waals surface area (Å²) in [6, 6.07) is 1.60. The number of alkyl halides is 3. The highest BCUT2D eigenvalue weighted by molar-refractivity contribution is 7.89. The minimum absolute atomic E-state index is 0.119. The first kappa shape index (κ1) is 21.9. The number of ether oxygens (including phenoxy) is 2. The molecule has 13 heteroatoms. The molecule has 1 aromatic carbocycles. The first-order valence-electron chi connectivity index (χ1n) is 7.79. The van der Waals surface area contributed by atoms with E-state index in [0.717, 1.165) is 36.3 Å². The van der Waals surface area contributed by atoms with Crippen LogP contribution < -0.4 is 4.74 Å². The number of aliphatic carboxylic acids is 1. The van der Waals surface area contributed by atoms with Crippen LogP contribution >= 0.6 is 0 Å². The summed E-state index contributed by atoms with van der Waals surface area (Å²) in [5, 5.41) is 9.52. The SMILES string of the molecule is COC1C(C(=O)O)N(S(=O)(=O)c2ccc(OC(F)(F)F)cc2)CCN1C(C)=O. The largest absolute Gasteiger partial charge is 0.573 e. The number of hydrogen-bond donors (Lipinski definition) is 1. The fourth-order valence-corrected chi connectivity index (χ4v) is 4.41. The molecule has 2 atom stereocenters. The number of carboxylic acids is 1. The third-order valence-corrected chi connectivity index (χ3v) is 5.91. The molecule has 1 heterocycles. The second-order valence-electron chi connectivity index (χ2n) is 5.76. The molecule has 9 nitrogen and oxygen atoms in total. The molecular weight excluding hydrogens is 409 g/mol. The molecule has 1 saturated heterocycles. The third kappa shape index (κ3) is 4.54. The van der Waals surface area contributed by atoms with Crippen molar-refractivity contribution in [3.63, 3.8) is 0 Å². The first-order chi connectivity index (χ1) is 12.9. The van der Waals surface area contributed by atoms with Gasteiger partial charge in [-0.25, -0.2) is 8.42 Å². The van der Waals surface area contributed by atoms with Crippen LogP contribution in [0.25, 0.3) is 0 Å². The number of benzene rings is 1. The zero-order valence-corrected chi connectivity index (χ0v) is 15.5. The maximum absolute atomic E-state index is 12.9. The lowest BCUT2D eigenvalue weighted by molar-refractivity contribution is -0.274. The lowest BCUT2D eigenvalue weighted by Crippen LogP contribution is -2.65. The van der Waals surface area contributed by atoms with Crippen LogP contribution in [-0.4, -0.2) is 73.4 Å². The van der Waals surface area contributed by atoms with Gasteiger partial charge in [-0.15, -0.1) is 13.2 Å². The molecule has 1 aromatic rings. The van der Waals surface area contributed by atoms with Gasteiger partial charge in [-0.2, -0.15) is 4.31 Å². The Morgan fingerprint density at radius 2 is 1.75 bits per heavy atom. The van der Waals surface area contributed by atoms with Gasteiger partial charge < -0.3 is 19.5 Å². The Morgan fingerprint density at radius 3 is 2.18 bits per heavy atom. The van der Waals surface area contributed by atoms with E-state index in [4.69, 9.17) is 4.74 Å². The number of amides is 1. The Labute approximate surface area is 158 Å². The predicted octanol–water partition coefficient (Wildman–Crippen LogP) is 0.864. The van der Waals surface area contributed by atoms with Gasteiger partial charge >= 0.3 is 12.3 Å². The summed E-state index contributed by atoms with van der Waals surface area (Å²) in [4.78, 5) is 24.1. The van der Waals surface area contributed by atoms with Crippen LogP contribution in [0.5, 0.6) is 5.75 Å². The normalized spacial score (nSPS) is 21.4. The average Bonchev–Trinajstić information content (AvgIpc) is 2.59. The Bertz CT molecular complexity index is 842. The van der Waals surface area contributed by atoms with Crippen molar-refractivity contribution in [1.29, 1.82) is 0 Å². The third-order valence-electron chi connectivity index (χ3n) is 4.01. The van der Waals surface area contributed by atoms with E-state index in [1.54, 1.807) is 0 Å². The Morgan fingerprint density at radius 1 is 1.18 bits per heavy atom. The van der Waals surface area contributed by atoms with Gasteiger partial charge in [0.1, 0.15) is 5.75 Å². The van der Waals surface area contributed by atoms with Crippen LogP contribution in [0.4, 0.5) is 13.2 Å². The number of sulfonamides is 1. The molecule has 0 aromatic heterocycles. The molecule has 28 heavy (non-hydrogen) atoms. The van der Waals surface area contributed by atoms with Gasteiger partial charge in [0.05, 0.1) is 4.90 Å². The zero-order valence-electron chi connectivity index (χ0n) is 14.7. The molecule has 1 amide bonds. The van der Waals surface area contributed by atoms with Crippen molar-refractivity contribution in [3.8, 4) is 5.75 Å². The number of methoxy groups -OCH3 is 1. The van der Waals surface area contributed by atoms with Crippen LogP contribution in [-0.2, 0) is 24.3 Å². The Balaban J connectivity index is 2.38. The molecule has 1 fully saturated rings. The van der Waals surface area contributed by atoms with Crippen molar-refractivity contribution in [1.82, 2.24) is 9.21 Å². The molecule has 0 aliphatic carbocycles. The van der Waals surface area contributed by atoms with Crippen molar-refractivity contribution in [2.45, 2.75) is 30.5 Å². The van der Waals surface area contributed by atoms with Crippen molar-refractivity contribution in [2.24, 2.45) is 0 Å². The van der Waals surface area contributed by atoms with Crippen LogP contribution in [0.1, 0.15) is 6.92 Å². The van der Waals surface area contributed by atoms with Gasteiger partial charge in [-0.05, 0) is 24.3 Å². The quantitative estimate of drug-likeness (QED) is 0.743. The summed E-state index contributed by atoms with van der Waals surface area (Å²) < 4.78 is 71.8. The van der Waals surface area contributed by atoms with E-state index in [9.17, 15) is 36.3 Å². The summed E-state index contributed by atoms with van der Waals surface area (Å²) in [6.45, 7) is 0.736. The van der Waals surface area contributed by atoms with Crippen LogP contribution in [0, 0.1) is 0 Å². The second-order valence-corrected chi connectivity index (χ2v) is 7.65. The van der Waals surface area contributed by atoms with E-state index in [0.29, 0.717) is 4.31 Å². The van der Waals surface area contributed by atoms with E-state index in [2.05, 4.69) is 4.74 Å². The number of carbonyl (C=O) groups excluding carboxylic acids is 1. The molecule has 0 spiro atoms. The highest BCUT2D eigenvalue weighted by Crippen LogP contribution is 2.28. The molecule has 1 aliphatic heterocycles. The maximum Gasteiger partial charge on any atom is 0.573 e. The highest BCUT2D eigenvalue weighted by atomic mass is 32.2. The minimum Gasteiger partial charge on any atom is -0.480 e. The van der Waals surface area contributed by atoms with Crippen molar-refractivity contribution >= 4 is 21.9 Å². The molecule has 0 radical (unpaired) electrons. The monoisotopic (exact) mass is 426 g/mol. The fourth-order valence-electron chi connectivity index (χ4n) is 2.84. The molecule has 1 aliphatic rings. The van der Waals surface area contributed by atoms with Gasteiger partial charge in [0.2, 0.25) is 15.9 Å². The van der Waals surface area contributed by atoms with Crippen LogP contribution in [0.2, 0.25) is 0 Å². The minimum atomic E-state index is -4.94. The van der Waals surface area contributed by atoms with E-state index in [1.165, 1.54) is 6.92 Å². The number of piperazine rings is 1. The summed E-state index contributed by atoms with van der Waals surface area (Å²) in [7, 11) is -3.28. The van der Waals surface area contributed by atoms with Crippen LogP contribution in [0.3, 0.4) is 0 Å². The van der Waals surface area contributed by atoms with E-state index in [-0.39, 0.29) is 13.1 Å². The summed E-state index contributed by atoms with van der Waals surface area (Å²) in [5.41, 5.74) is 0. The number of nitrogens with zero attached hydrogens (tertiary/aromatic N) is 2. The second kappa shape index (κ2) is 7.93. The van der Waals surface area contributed by atoms with Crippen LogP contribution in [0.15, 0.2) is 29.2 Å². The lowest BCUT2D eigenvalue weighted by atomic mass is 10.1. The number of rotatable bonds is 5. The molecule has 0 saturated carbocycles. The van der Waals surface area contributed by atoms with Gasteiger partial charge in [0, 0.05) is 27.1 Å². The fraction of sp³-hybridized carbons (Fsp3) is 0.467. The summed E-state index contributed by atoms with van der Waals surface area (Å²) >= 11 is 0. The van der Waals surface area contributed by atoms with Gasteiger partial charge in [0.25, 0.3) is 0 Å².